The lowest BCUT2D eigenvalue weighted by atomic mass is 10.2. The van der Waals surface area contributed by atoms with Gasteiger partial charge in [-0.2, -0.15) is 15.1 Å². The average Bonchev–Trinajstić information content (AvgIpc) is 3.20. The zero-order valence-electron chi connectivity index (χ0n) is 17.8. The van der Waals surface area contributed by atoms with Crippen molar-refractivity contribution in [1.82, 2.24) is 19.7 Å². The van der Waals surface area contributed by atoms with Gasteiger partial charge in [-0.25, -0.2) is 4.68 Å². The predicted molar refractivity (Wildman–Crippen MR) is 124 cm³/mol. The van der Waals surface area contributed by atoms with Crippen molar-refractivity contribution >= 4 is 28.5 Å². The topological polar surface area (TPSA) is 58.9 Å². The van der Waals surface area contributed by atoms with E-state index in [0.717, 1.165) is 60.1 Å². The number of anilines is 3. The van der Waals surface area contributed by atoms with Crippen LogP contribution >= 0.6 is 0 Å². The van der Waals surface area contributed by atoms with E-state index >= 15 is 0 Å². The molecule has 0 bridgehead atoms. The van der Waals surface area contributed by atoms with E-state index in [1.807, 2.05) is 53.3 Å². The molecule has 2 heterocycles. The van der Waals surface area contributed by atoms with Crippen LogP contribution in [0.15, 0.2) is 60.8 Å². The summed E-state index contributed by atoms with van der Waals surface area (Å²) < 4.78 is 1.89. The van der Waals surface area contributed by atoms with Crippen molar-refractivity contribution in [1.29, 1.82) is 0 Å². The van der Waals surface area contributed by atoms with Gasteiger partial charge in [0.2, 0.25) is 5.95 Å². The van der Waals surface area contributed by atoms with Crippen LogP contribution in [0.3, 0.4) is 0 Å². The highest BCUT2D eigenvalue weighted by molar-refractivity contribution is 5.90. The smallest absolute Gasteiger partial charge is 0.229 e. The first kappa shape index (κ1) is 19.9. The van der Waals surface area contributed by atoms with Crippen LogP contribution in [0.5, 0.6) is 0 Å². The molecule has 0 aliphatic heterocycles. The second-order valence-electron chi connectivity index (χ2n) is 7.43. The number of nitrogens with zero attached hydrogens (tertiary/aromatic N) is 5. The van der Waals surface area contributed by atoms with E-state index in [4.69, 9.17) is 9.97 Å². The molecule has 0 amide bonds. The van der Waals surface area contributed by atoms with Gasteiger partial charge in [0, 0.05) is 18.8 Å². The fourth-order valence-corrected chi connectivity index (χ4v) is 3.58. The summed E-state index contributed by atoms with van der Waals surface area (Å²) in [5.41, 5.74) is 3.99. The molecule has 0 unspecified atom stereocenters. The highest BCUT2D eigenvalue weighted by Crippen LogP contribution is 2.29. The molecule has 4 rings (SSSR count). The molecule has 0 atom stereocenters. The highest BCUT2D eigenvalue weighted by atomic mass is 15.3. The summed E-state index contributed by atoms with van der Waals surface area (Å²) in [6, 6.07) is 18.3. The van der Waals surface area contributed by atoms with Gasteiger partial charge in [-0.1, -0.05) is 50.2 Å². The molecule has 2 aromatic heterocycles. The third-order valence-corrected chi connectivity index (χ3v) is 5.09. The van der Waals surface area contributed by atoms with E-state index in [9.17, 15) is 0 Å². The lowest BCUT2D eigenvalue weighted by molar-refractivity contribution is 0.722. The number of fused-ring (bicyclic) bond motifs is 1. The van der Waals surface area contributed by atoms with E-state index in [2.05, 4.69) is 48.2 Å². The van der Waals surface area contributed by atoms with E-state index < -0.39 is 0 Å². The molecule has 0 saturated heterocycles. The lowest BCUT2D eigenvalue weighted by Crippen LogP contribution is -2.27. The molecular weight excluding hydrogens is 372 g/mol. The quantitative estimate of drug-likeness (QED) is 0.423. The Morgan fingerprint density at radius 3 is 2.30 bits per heavy atom. The standard InChI is InChI=1S/C24H28N6/c1-4-15-29(16-5-2)24-27-22(26-21-14-10-9-11-18(21)3)20-17-25-30(23(20)28-24)19-12-7-6-8-13-19/h6-14,17H,4-5,15-16H2,1-3H3,(H,26,27,28). The maximum Gasteiger partial charge on any atom is 0.229 e. The van der Waals surface area contributed by atoms with Crippen LogP contribution in [0.4, 0.5) is 17.5 Å². The van der Waals surface area contributed by atoms with E-state index in [0.29, 0.717) is 0 Å². The second kappa shape index (κ2) is 8.95. The van der Waals surface area contributed by atoms with Crippen molar-refractivity contribution in [2.45, 2.75) is 33.6 Å². The molecule has 0 aliphatic carbocycles. The van der Waals surface area contributed by atoms with Gasteiger partial charge in [-0.05, 0) is 43.5 Å². The molecule has 4 aromatic rings. The van der Waals surface area contributed by atoms with Crippen LogP contribution in [-0.4, -0.2) is 32.8 Å². The molecule has 0 saturated carbocycles. The predicted octanol–water partition coefficient (Wildman–Crippen LogP) is 5.49. The third-order valence-electron chi connectivity index (χ3n) is 5.09. The molecule has 30 heavy (non-hydrogen) atoms. The Balaban J connectivity index is 1.88. The third kappa shape index (κ3) is 3.99. The summed E-state index contributed by atoms with van der Waals surface area (Å²) in [5, 5.41) is 9.07. The highest BCUT2D eigenvalue weighted by Gasteiger charge is 2.18. The summed E-state index contributed by atoms with van der Waals surface area (Å²) >= 11 is 0. The monoisotopic (exact) mass is 400 g/mol. The number of nitrogens with one attached hydrogen (secondary N) is 1. The van der Waals surface area contributed by atoms with Crippen LogP contribution in [0.1, 0.15) is 32.3 Å². The minimum atomic E-state index is 0.736. The van der Waals surface area contributed by atoms with E-state index in [-0.39, 0.29) is 0 Å². The van der Waals surface area contributed by atoms with Crippen molar-refractivity contribution in [3.8, 4) is 5.69 Å². The van der Waals surface area contributed by atoms with Gasteiger partial charge in [0.05, 0.1) is 17.3 Å². The number of aryl methyl sites for hydroxylation is 1. The maximum absolute atomic E-state index is 4.95. The van der Waals surface area contributed by atoms with Crippen LogP contribution in [-0.2, 0) is 0 Å². The van der Waals surface area contributed by atoms with Crippen molar-refractivity contribution in [3.05, 3.63) is 66.4 Å². The zero-order chi connectivity index (χ0) is 20.9. The zero-order valence-corrected chi connectivity index (χ0v) is 17.8. The molecule has 0 spiro atoms. The largest absolute Gasteiger partial charge is 0.341 e. The summed E-state index contributed by atoms with van der Waals surface area (Å²) in [4.78, 5) is 12.1. The minimum absolute atomic E-state index is 0.736. The van der Waals surface area contributed by atoms with Gasteiger partial charge in [0.15, 0.2) is 5.65 Å². The number of hydrogen-bond acceptors (Lipinski definition) is 5. The Hall–Kier alpha value is -3.41. The molecule has 6 nitrogen and oxygen atoms in total. The first-order valence-electron chi connectivity index (χ1n) is 10.6. The van der Waals surface area contributed by atoms with Gasteiger partial charge < -0.3 is 10.2 Å². The Labute approximate surface area is 177 Å². The number of para-hydroxylation sites is 2. The lowest BCUT2D eigenvalue weighted by Gasteiger charge is -2.22. The van der Waals surface area contributed by atoms with Gasteiger partial charge in [0.1, 0.15) is 5.82 Å². The number of aromatic nitrogens is 4. The normalized spacial score (nSPS) is 11.0. The molecule has 1 N–H and O–H groups in total. The van der Waals surface area contributed by atoms with Gasteiger partial charge in [-0.3, -0.25) is 0 Å². The second-order valence-corrected chi connectivity index (χ2v) is 7.43. The molecule has 0 radical (unpaired) electrons. The molecular formula is C24H28N6. The number of rotatable bonds is 8. The van der Waals surface area contributed by atoms with Crippen LogP contribution < -0.4 is 10.2 Å². The molecule has 154 valence electrons. The summed E-state index contributed by atoms with van der Waals surface area (Å²) in [6.07, 6.45) is 3.93. The molecule has 6 heteroatoms. The van der Waals surface area contributed by atoms with Gasteiger partial charge in [-0.15, -0.1) is 0 Å². The van der Waals surface area contributed by atoms with Crippen molar-refractivity contribution < 1.29 is 0 Å². The van der Waals surface area contributed by atoms with Gasteiger partial charge in [0.25, 0.3) is 0 Å². The Kier molecular flexibility index (Phi) is 5.93. The molecule has 2 aromatic carbocycles. The first-order chi connectivity index (χ1) is 14.7. The molecule has 0 fully saturated rings. The van der Waals surface area contributed by atoms with Crippen LogP contribution in [0, 0.1) is 6.92 Å². The Bertz CT molecular complexity index is 1110. The summed E-state index contributed by atoms with van der Waals surface area (Å²) in [5.74, 6) is 1.52. The number of benzene rings is 2. The van der Waals surface area contributed by atoms with Gasteiger partial charge >= 0.3 is 0 Å². The fourth-order valence-electron chi connectivity index (χ4n) is 3.58. The molecule has 0 aliphatic rings. The average molecular weight is 401 g/mol. The number of hydrogen-bond donors (Lipinski definition) is 1. The summed E-state index contributed by atoms with van der Waals surface area (Å²) in [6.45, 7) is 8.30. The van der Waals surface area contributed by atoms with Crippen LogP contribution in [0.2, 0.25) is 0 Å². The Morgan fingerprint density at radius 1 is 0.900 bits per heavy atom. The maximum atomic E-state index is 4.95. The SMILES string of the molecule is CCCN(CCC)c1nc(Nc2ccccc2C)c2cnn(-c3ccccc3)c2n1. The van der Waals surface area contributed by atoms with Crippen molar-refractivity contribution in [2.75, 3.05) is 23.3 Å². The Morgan fingerprint density at radius 2 is 1.60 bits per heavy atom. The van der Waals surface area contributed by atoms with E-state index in [1.165, 1.54) is 5.56 Å². The van der Waals surface area contributed by atoms with E-state index in [1.54, 1.807) is 0 Å². The fraction of sp³-hybridized carbons (Fsp3) is 0.292. The summed E-state index contributed by atoms with van der Waals surface area (Å²) in [7, 11) is 0. The van der Waals surface area contributed by atoms with Crippen molar-refractivity contribution in [2.24, 2.45) is 0 Å². The van der Waals surface area contributed by atoms with Crippen molar-refractivity contribution in [3.63, 3.8) is 0 Å². The van der Waals surface area contributed by atoms with Crippen LogP contribution in [0.25, 0.3) is 16.7 Å². The minimum Gasteiger partial charge on any atom is -0.341 e. The first-order valence-corrected chi connectivity index (χ1v) is 10.6.